The zero-order valence-electron chi connectivity index (χ0n) is 56.2. The third kappa shape index (κ3) is 57.6. The van der Waals surface area contributed by atoms with Gasteiger partial charge in [-0.05, 0) is 180 Å². The van der Waals surface area contributed by atoms with E-state index in [4.69, 9.17) is 18.9 Å². The molecule has 1 aliphatic heterocycles. The number of carbonyl (C=O) groups excluding carboxylic acids is 4. The number of unbranched alkanes of at least 4 members (excludes halogenated alkanes) is 1. The van der Waals surface area contributed by atoms with Gasteiger partial charge in [0.1, 0.15) is 31.8 Å². The van der Waals surface area contributed by atoms with E-state index in [-0.39, 0.29) is 52.1 Å². The smallest absolute Gasteiger partial charge is 0.306 e. The molecular formula is C81H119NO8. The first-order valence-corrected chi connectivity index (χ1v) is 34.4. The van der Waals surface area contributed by atoms with Gasteiger partial charge in [0.15, 0.2) is 0 Å². The Kier molecular flexibility index (Phi) is 58.7. The number of allylic oxidation sites excluding steroid dienone is 36. The van der Waals surface area contributed by atoms with Crippen molar-refractivity contribution in [3.05, 3.63) is 219 Å². The lowest BCUT2D eigenvalue weighted by Crippen LogP contribution is -2.44. The van der Waals surface area contributed by atoms with Crippen molar-refractivity contribution in [1.29, 1.82) is 0 Å². The van der Waals surface area contributed by atoms with Crippen LogP contribution in [-0.4, -0.2) is 74.8 Å². The average molecular weight is 1230 g/mol. The normalized spacial score (nSPS) is 14.5. The molecule has 0 aromatic rings. The summed E-state index contributed by atoms with van der Waals surface area (Å²) >= 11 is 0. The predicted molar refractivity (Wildman–Crippen MR) is 383 cm³/mol. The Balaban J connectivity index is 2.96. The highest BCUT2D eigenvalue weighted by Gasteiger charge is 2.38. The molecule has 1 aliphatic rings. The Morgan fingerprint density at radius 2 is 0.489 bits per heavy atom. The maximum Gasteiger partial charge on any atom is 0.306 e. The van der Waals surface area contributed by atoms with E-state index < -0.39 is 29.3 Å². The summed E-state index contributed by atoms with van der Waals surface area (Å²) < 4.78 is 23.5. The molecule has 0 saturated carbocycles. The van der Waals surface area contributed by atoms with Crippen LogP contribution in [0.25, 0.3) is 0 Å². The second kappa shape index (κ2) is 65.1. The van der Waals surface area contributed by atoms with Crippen LogP contribution in [0.15, 0.2) is 219 Å². The fraction of sp³-hybridized carbons (Fsp3) is 0.506. The second-order valence-electron chi connectivity index (χ2n) is 22.4. The second-order valence-corrected chi connectivity index (χ2v) is 22.4. The van der Waals surface area contributed by atoms with Gasteiger partial charge < -0.3 is 23.8 Å². The molecule has 1 rings (SSSR count). The van der Waals surface area contributed by atoms with Crippen LogP contribution in [0, 0.1) is 5.41 Å². The minimum Gasteiger partial charge on any atom is -0.465 e. The first kappa shape index (κ1) is 81.2. The van der Waals surface area contributed by atoms with E-state index in [1.807, 2.05) is 36.5 Å². The van der Waals surface area contributed by atoms with Crippen LogP contribution < -0.4 is 0 Å². The summed E-state index contributed by atoms with van der Waals surface area (Å²) in [7, 11) is 0. The van der Waals surface area contributed by atoms with Crippen LogP contribution >= 0.6 is 0 Å². The van der Waals surface area contributed by atoms with Gasteiger partial charge in [0.05, 0.1) is 0 Å². The van der Waals surface area contributed by atoms with Crippen molar-refractivity contribution in [2.45, 2.75) is 213 Å². The molecule has 0 unspecified atom stereocenters. The molecule has 0 atom stereocenters. The van der Waals surface area contributed by atoms with Gasteiger partial charge in [0.25, 0.3) is 0 Å². The predicted octanol–water partition coefficient (Wildman–Crippen LogP) is 21.2. The zero-order valence-corrected chi connectivity index (χ0v) is 56.2. The monoisotopic (exact) mass is 1230 g/mol. The highest BCUT2D eigenvalue weighted by Crippen LogP contribution is 2.23. The topological polar surface area (TPSA) is 108 Å². The maximum atomic E-state index is 13.3. The number of hydrogen-bond acceptors (Lipinski definition) is 9. The summed E-state index contributed by atoms with van der Waals surface area (Å²) in [5.74, 6) is -1.79. The number of rotatable bonds is 55. The molecule has 9 nitrogen and oxygen atoms in total. The van der Waals surface area contributed by atoms with Gasteiger partial charge in [-0.1, -0.05) is 246 Å². The maximum absolute atomic E-state index is 13.3. The van der Waals surface area contributed by atoms with Gasteiger partial charge in [-0.25, -0.2) is 0 Å². The van der Waals surface area contributed by atoms with E-state index in [2.05, 4.69) is 208 Å². The minimum absolute atomic E-state index is 0.118. The van der Waals surface area contributed by atoms with Crippen LogP contribution in [0.3, 0.4) is 0 Å². The van der Waals surface area contributed by atoms with Crippen molar-refractivity contribution >= 4 is 23.9 Å². The SMILES string of the molecule is CC/C=C\C/C=C\C/C=C\C/C=C\C/C=C\C/C=C\CCC(=O)OCC(COC(=O)CC/C=C\C/C=C\C/C=C\C/C=C\C/C=C\C/C=C\CC)(COC(=O)CC/C=C\C/C=C\C/C=C\C/C=C\C/C=C\C/C=C\CC)COC(=O)CCCCN1CCCCC1. The molecule has 0 aromatic heterocycles. The minimum atomic E-state index is -1.33. The summed E-state index contributed by atoms with van der Waals surface area (Å²) in [5, 5.41) is 0. The average Bonchev–Trinajstić information content (AvgIpc) is 3.10. The van der Waals surface area contributed by atoms with Crippen LogP contribution in [0.5, 0.6) is 0 Å². The molecule has 9 heteroatoms. The van der Waals surface area contributed by atoms with Gasteiger partial charge in [0, 0.05) is 25.7 Å². The highest BCUT2D eigenvalue weighted by atomic mass is 16.6. The number of hydrogen-bond donors (Lipinski definition) is 0. The van der Waals surface area contributed by atoms with E-state index >= 15 is 0 Å². The first-order valence-electron chi connectivity index (χ1n) is 34.4. The molecule has 0 N–H and O–H groups in total. The number of esters is 4. The Bertz CT molecular complexity index is 2140. The fourth-order valence-corrected chi connectivity index (χ4v) is 8.78. The quantitative estimate of drug-likeness (QED) is 0.0255. The zero-order chi connectivity index (χ0) is 64.8. The lowest BCUT2D eigenvalue weighted by atomic mass is 9.92. The van der Waals surface area contributed by atoms with Crippen LogP contribution in [-0.2, 0) is 38.1 Å². The summed E-state index contributed by atoms with van der Waals surface area (Å²) in [6, 6.07) is 0. The highest BCUT2D eigenvalue weighted by molar-refractivity contribution is 5.71. The molecule has 1 fully saturated rings. The van der Waals surface area contributed by atoms with E-state index in [0.29, 0.717) is 25.7 Å². The van der Waals surface area contributed by atoms with Crippen LogP contribution in [0.4, 0.5) is 0 Å². The summed E-state index contributed by atoms with van der Waals surface area (Å²) in [4.78, 5) is 55.8. The van der Waals surface area contributed by atoms with Crippen LogP contribution in [0.1, 0.15) is 213 Å². The number of piperidine rings is 1. The van der Waals surface area contributed by atoms with Crippen molar-refractivity contribution in [2.75, 3.05) is 46.1 Å². The molecule has 496 valence electrons. The number of ether oxygens (including phenoxy) is 4. The van der Waals surface area contributed by atoms with Gasteiger partial charge in [-0.3, -0.25) is 19.2 Å². The summed E-state index contributed by atoms with van der Waals surface area (Å²) in [6.45, 7) is 8.45. The third-order valence-corrected chi connectivity index (χ3v) is 14.0. The summed E-state index contributed by atoms with van der Waals surface area (Å²) in [6.07, 6.45) is 101. The van der Waals surface area contributed by atoms with Gasteiger partial charge in [0.2, 0.25) is 0 Å². The Morgan fingerprint density at radius 3 is 0.722 bits per heavy atom. The van der Waals surface area contributed by atoms with Crippen molar-refractivity contribution in [1.82, 2.24) is 4.90 Å². The van der Waals surface area contributed by atoms with E-state index in [1.165, 1.54) is 19.3 Å². The third-order valence-electron chi connectivity index (χ3n) is 14.0. The number of carbonyl (C=O) groups is 4. The number of nitrogens with zero attached hydrogens (tertiary/aromatic N) is 1. The molecule has 0 bridgehead atoms. The molecule has 1 saturated heterocycles. The van der Waals surface area contributed by atoms with Crippen molar-refractivity contribution < 1.29 is 38.1 Å². The molecular weight excluding hydrogens is 1110 g/mol. The van der Waals surface area contributed by atoms with E-state index in [9.17, 15) is 19.2 Å². The van der Waals surface area contributed by atoms with Crippen molar-refractivity contribution in [2.24, 2.45) is 5.41 Å². The van der Waals surface area contributed by atoms with E-state index in [1.54, 1.807) is 0 Å². The molecule has 0 spiro atoms. The van der Waals surface area contributed by atoms with E-state index in [0.717, 1.165) is 142 Å². The molecule has 0 amide bonds. The molecule has 90 heavy (non-hydrogen) atoms. The fourth-order valence-electron chi connectivity index (χ4n) is 8.78. The lowest BCUT2D eigenvalue weighted by Gasteiger charge is -2.31. The molecule has 0 radical (unpaired) electrons. The Hall–Kier alpha value is -6.84. The summed E-state index contributed by atoms with van der Waals surface area (Å²) in [5.41, 5.74) is -1.33. The lowest BCUT2D eigenvalue weighted by molar-refractivity contribution is -0.170. The van der Waals surface area contributed by atoms with Crippen LogP contribution in [0.2, 0.25) is 0 Å². The molecule has 0 aromatic carbocycles. The van der Waals surface area contributed by atoms with Gasteiger partial charge >= 0.3 is 23.9 Å². The first-order chi connectivity index (χ1) is 44.3. The Morgan fingerprint density at radius 1 is 0.278 bits per heavy atom. The van der Waals surface area contributed by atoms with Crippen molar-refractivity contribution in [3.63, 3.8) is 0 Å². The molecule has 0 aliphatic carbocycles. The number of likely N-dealkylation sites (tertiary alicyclic amines) is 1. The Labute approximate surface area is 547 Å². The van der Waals surface area contributed by atoms with Crippen molar-refractivity contribution in [3.8, 4) is 0 Å². The van der Waals surface area contributed by atoms with Gasteiger partial charge in [-0.15, -0.1) is 0 Å². The standard InChI is InChI=1S/C81H119NO8/c1-4-7-10-13-16-19-22-25-28-31-34-37-40-43-46-49-52-55-59-66-77(83)87-73-81(76-90-80(86)69-62-65-72-82-70-63-58-64-71-82,74-88-78(84)67-60-56-53-50-47-44-41-38-35-32-29-26-23-20-17-14-11-8-5-2)75-89-79(85)68-61-57-54-51-48-45-42-39-36-33-30-27-24-21-18-15-12-9-6-3/h7-12,16-21,25-30,34-39,43-48,52-57H,4-6,13-15,22-24,31-33,40-42,49-51,58-76H2,1-3H3/b10-7-,11-8-,12-9-,19-16-,20-17-,21-18-,28-25-,29-26-,30-27-,37-34-,38-35-,39-36-,46-43-,47-44-,48-45-,55-52-,56-53-,57-54-. The molecule has 1 heterocycles. The van der Waals surface area contributed by atoms with Gasteiger partial charge in [-0.2, -0.15) is 0 Å². The largest absolute Gasteiger partial charge is 0.465 e.